The molecule has 3 heterocycles. The van der Waals surface area contributed by atoms with E-state index in [1.807, 2.05) is 34.3 Å². The van der Waals surface area contributed by atoms with E-state index in [9.17, 15) is 0 Å². The van der Waals surface area contributed by atoms with E-state index < -0.39 is 0 Å². The van der Waals surface area contributed by atoms with E-state index >= 15 is 0 Å². The van der Waals surface area contributed by atoms with Gasteiger partial charge in [-0.15, -0.1) is 11.3 Å². The number of thiazole rings is 1. The average Bonchev–Trinajstić information content (AvgIpc) is 3.50. The molecular weight excluding hydrogens is 396 g/mol. The Labute approximate surface area is 181 Å². The number of ether oxygens (including phenoxy) is 1. The lowest BCUT2D eigenvalue weighted by molar-refractivity contribution is 0.239. The van der Waals surface area contributed by atoms with E-state index in [1.54, 1.807) is 18.4 Å². The fourth-order valence-corrected chi connectivity index (χ4v) is 4.70. The molecule has 0 radical (unpaired) electrons. The molecule has 0 aliphatic carbocycles. The first-order valence-electron chi connectivity index (χ1n) is 10.6. The normalized spacial score (nSPS) is 16.1. The molecule has 7 nitrogen and oxygen atoms in total. The highest BCUT2D eigenvalue weighted by Gasteiger charge is 2.26. The number of nitrogens with one attached hydrogen (secondary N) is 2. The lowest BCUT2D eigenvalue weighted by atomic mass is 10.0. The summed E-state index contributed by atoms with van der Waals surface area (Å²) in [5.41, 5.74) is 2.19. The number of benzene rings is 1. The molecule has 160 valence electrons. The average molecular weight is 427 g/mol. The quantitative estimate of drug-likeness (QED) is 0.427. The smallest absolute Gasteiger partial charge is 0.193 e. The van der Waals surface area contributed by atoms with Gasteiger partial charge in [-0.3, -0.25) is 9.30 Å². The van der Waals surface area contributed by atoms with Crippen molar-refractivity contribution in [2.24, 2.45) is 4.99 Å². The van der Waals surface area contributed by atoms with Crippen molar-refractivity contribution in [3.05, 3.63) is 53.3 Å². The monoisotopic (exact) mass is 426 g/mol. The topological polar surface area (TPSA) is 66.2 Å². The molecule has 3 aromatic rings. The van der Waals surface area contributed by atoms with Crippen LogP contribution in [0.4, 0.5) is 0 Å². The number of nitrogens with zero attached hydrogens (tertiary/aromatic N) is 4. The summed E-state index contributed by atoms with van der Waals surface area (Å²) in [6, 6.07) is 8.57. The van der Waals surface area contributed by atoms with Gasteiger partial charge in [0.25, 0.3) is 0 Å². The van der Waals surface area contributed by atoms with Crippen LogP contribution in [0.5, 0.6) is 5.75 Å². The van der Waals surface area contributed by atoms with E-state index in [2.05, 4.69) is 39.6 Å². The predicted octanol–water partition coefficient (Wildman–Crippen LogP) is 3.30. The number of aliphatic imine (C=N–C) groups is 1. The maximum atomic E-state index is 5.66. The van der Waals surface area contributed by atoms with Crippen molar-refractivity contribution >= 4 is 22.3 Å². The summed E-state index contributed by atoms with van der Waals surface area (Å²) in [5, 5.41) is 8.96. The SMILES string of the molecule is CCNC(=NCc1cn2ccsc2n1)NCC(c1ccccc1OC)N1CCCC1. The van der Waals surface area contributed by atoms with Gasteiger partial charge in [-0.2, -0.15) is 0 Å². The van der Waals surface area contributed by atoms with Crippen molar-refractivity contribution in [1.82, 2.24) is 24.9 Å². The Balaban J connectivity index is 1.48. The van der Waals surface area contributed by atoms with Gasteiger partial charge in [0.2, 0.25) is 0 Å². The molecule has 1 unspecified atom stereocenters. The fourth-order valence-electron chi connectivity index (χ4n) is 3.98. The Morgan fingerprint density at radius 1 is 1.27 bits per heavy atom. The molecule has 1 atom stereocenters. The predicted molar refractivity (Wildman–Crippen MR) is 122 cm³/mol. The van der Waals surface area contributed by atoms with Crippen LogP contribution in [0.2, 0.25) is 0 Å². The third kappa shape index (κ3) is 4.76. The van der Waals surface area contributed by atoms with Gasteiger partial charge >= 0.3 is 0 Å². The molecular formula is C22H30N6OS. The minimum Gasteiger partial charge on any atom is -0.496 e. The fraction of sp³-hybridized carbons (Fsp3) is 0.455. The van der Waals surface area contributed by atoms with Crippen molar-refractivity contribution in [3.63, 3.8) is 0 Å². The van der Waals surface area contributed by atoms with Crippen LogP contribution in [-0.4, -0.2) is 53.5 Å². The van der Waals surface area contributed by atoms with Crippen molar-refractivity contribution < 1.29 is 4.74 Å². The molecule has 0 spiro atoms. The molecule has 8 heteroatoms. The molecule has 1 fully saturated rings. The third-order valence-corrected chi connectivity index (χ3v) is 6.20. The van der Waals surface area contributed by atoms with Crippen LogP contribution in [-0.2, 0) is 6.54 Å². The summed E-state index contributed by atoms with van der Waals surface area (Å²) in [5.74, 6) is 1.75. The molecule has 1 aliphatic heterocycles. The summed E-state index contributed by atoms with van der Waals surface area (Å²) in [6.45, 7) is 6.44. The van der Waals surface area contributed by atoms with Crippen LogP contribution in [0, 0.1) is 0 Å². The summed E-state index contributed by atoms with van der Waals surface area (Å²) in [7, 11) is 1.74. The van der Waals surface area contributed by atoms with Crippen LogP contribution in [0.25, 0.3) is 4.96 Å². The Bertz CT molecular complexity index is 946. The first-order chi connectivity index (χ1) is 14.8. The molecule has 2 aromatic heterocycles. The van der Waals surface area contributed by atoms with Gasteiger partial charge in [-0.05, 0) is 38.9 Å². The largest absolute Gasteiger partial charge is 0.496 e. The van der Waals surface area contributed by atoms with E-state index in [0.717, 1.165) is 48.5 Å². The maximum absolute atomic E-state index is 5.66. The summed E-state index contributed by atoms with van der Waals surface area (Å²) in [6.07, 6.45) is 6.56. The highest BCUT2D eigenvalue weighted by Crippen LogP contribution is 2.31. The number of guanidine groups is 1. The van der Waals surface area contributed by atoms with E-state index in [4.69, 9.17) is 9.73 Å². The standard InChI is InChI=1S/C22H30N6OS/c1-3-23-21(24-14-17-16-28-12-13-30-22(28)26-17)25-15-19(27-10-6-7-11-27)18-8-4-5-9-20(18)29-2/h4-5,8-9,12-13,16,19H,3,6-7,10-11,14-15H2,1-2H3,(H2,23,24,25). The van der Waals surface area contributed by atoms with Crippen molar-refractivity contribution in [3.8, 4) is 5.75 Å². The van der Waals surface area contributed by atoms with Crippen LogP contribution in [0.3, 0.4) is 0 Å². The highest BCUT2D eigenvalue weighted by atomic mass is 32.1. The molecule has 0 bridgehead atoms. The van der Waals surface area contributed by atoms with Gasteiger partial charge in [-0.25, -0.2) is 9.98 Å². The van der Waals surface area contributed by atoms with Gasteiger partial charge < -0.3 is 15.4 Å². The van der Waals surface area contributed by atoms with Crippen LogP contribution in [0.1, 0.15) is 37.1 Å². The van der Waals surface area contributed by atoms with E-state index in [-0.39, 0.29) is 6.04 Å². The first kappa shape index (κ1) is 20.7. The molecule has 0 saturated carbocycles. The lowest BCUT2D eigenvalue weighted by Crippen LogP contribution is -2.42. The van der Waals surface area contributed by atoms with E-state index in [1.165, 1.54) is 18.4 Å². The Morgan fingerprint density at radius 3 is 2.87 bits per heavy atom. The van der Waals surface area contributed by atoms with Gasteiger partial charge in [0.05, 0.1) is 25.4 Å². The van der Waals surface area contributed by atoms with Crippen LogP contribution in [0.15, 0.2) is 47.0 Å². The van der Waals surface area contributed by atoms with Crippen LogP contribution < -0.4 is 15.4 Å². The number of fused-ring (bicyclic) bond motifs is 1. The Kier molecular flexibility index (Phi) is 6.86. The Morgan fingerprint density at radius 2 is 2.10 bits per heavy atom. The van der Waals surface area contributed by atoms with Crippen molar-refractivity contribution in [2.45, 2.75) is 32.4 Å². The number of likely N-dealkylation sites (tertiary alicyclic amines) is 1. The van der Waals surface area contributed by atoms with Crippen molar-refractivity contribution in [1.29, 1.82) is 0 Å². The zero-order chi connectivity index (χ0) is 20.8. The molecule has 4 rings (SSSR count). The molecule has 2 N–H and O–H groups in total. The highest BCUT2D eigenvalue weighted by molar-refractivity contribution is 7.15. The number of methoxy groups -OCH3 is 1. The first-order valence-corrected chi connectivity index (χ1v) is 11.5. The second-order valence-corrected chi connectivity index (χ2v) is 8.27. The second kappa shape index (κ2) is 9.95. The number of para-hydroxylation sites is 1. The summed E-state index contributed by atoms with van der Waals surface area (Å²) in [4.78, 5) is 12.9. The number of aromatic nitrogens is 2. The molecule has 1 aliphatic rings. The zero-order valence-corrected chi connectivity index (χ0v) is 18.5. The summed E-state index contributed by atoms with van der Waals surface area (Å²) < 4.78 is 7.70. The van der Waals surface area contributed by atoms with E-state index in [0.29, 0.717) is 6.54 Å². The molecule has 1 aromatic carbocycles. The maximum Gasteiger partial charge on any atom is 0.193 e. The second-order valence-electron chi connectivity index (χ2n) is 7.40. The van der Waals surface area contributed by atoms with Gasteiger partial charge in [0.15, 0.2) is 10.9 Å². The minimum atomic E-state index is 0.241. The van der Waals surface area contributed by atoms with Crippen molar-refractivity contribution in [2.75, 3.05) is 33.3 Å². The third-order valence-electron chi connectivity index (χ3n) is 5.43. The van der Waals surface area contributed by atoms with Gasteiger partial charge in [0.1, 0.15) is 5.75 Å². The Hall–Kier alpha value is -2.58. The number of rotatable bonds is 8. The molecule has 1 saturated heterocycles. The zero-order valence-electron chi connectivity index (χ0n) is 17.7. The number of hydrogen-bond acceptors (Lipinski definition) is 5. The number of hydrogen-bond donors (Lipinski definition) is 2. The van der Waals surface area contributed by atoms with Gasteiger partial charge in [0, 0.05) is 36.4 Å². The van der Waals surface area contributed by atoms with Gasteiger partial charge in [-0.1, -0.05) is 18.2 Å². The minimum absolute atomic E-state index is 0.241. The van der Waals surface area contributed by atoms with Crippen LogP contribution >= 0.6 is 11.3 Å². The molecule has 0 amide bonds. The molecule has 30 heavy (non-hydrogen) atoms. The lowest BCUT2D eigenvalue weighted by Gasteiger charge is -2.30. The number of imidazole rings is 1. The summed E-state index contributed by atoms with van der Waals surface area (Å²) >= 11 is 1.64.